The summed E-state index contributed by atoms with van der Waals surface area (Å²) in [6.45, 7) is 4.55. The highest BCUT2D eigenvalue weighted by atomic mass is 32.2. The summed E-state index contributed by atoms with van der Waals surface area (Å²) in [7, 11) is 0. The predicted octanol–water partition coefficient (Wildman–Crippen LogP) is 3.04. The number of rotatable bonds is 6. The molecular weight excluding hydrogens is 278 g/mol. The number of ether oxygens (including phenoxy) is 1. The molecule has 6 heteroatoms. The molecule has 2 aromatic rings. The van der Waals surface area contributed by atoms with Gasteiger partial charge in [-0.15, -0.1) is 0 Å². The molecule has 1 unspecified atom stereocenters. The molecule has 0 spiro atoms. The van der Waals surface area contributed by atoms with Gasteiger partial charge in [0.05, 0.1) is 6.61 Å². The minimum Gasteiger partial charge on any atom is -0.494 e. The Labute approximate surface area is 121 Å². The number of benzene rings is 1. The Morgan fingerprint density at radius 3 is 2.68 bits per heavy atom. The SMILES string of the molecule is CCOc1ccc(C(N)CSc2nc(C)ns2)cc1. The Kier molecular flexibility index (Phi) is 5.18. The van der Waals surface area contributed by atoms with Crippen LogP contribution in [0.3, 0.4) is 0 Å². The van der Waals surface area contributed by atoms with Crippen molar-refractivity contribution in [3.05, 3.63) is 35.7 Å². The molecule has 0 amide bonds. The first kappa shape index (κ1) is 14.3. The van der Waals surface area contributed by atoms with Gasteiger partial charge in [0.2, 0.25) is 0 Å². The first-order chi connectivity index (χ1) is 9.19. The summed E-state index contributed by atoms with van der Waals surface area (Å²) in [5, 5.41) is 0. The highest BCUT2D eigenvalue weighted by molar-refractivity contribution is 8.00. The summed E-state index contributed by atoms with van der Waals surface area (Å²) in [4.78, 5) is 4.31. The van der Waals surface area contributed by atoms with E-state index in [0.29, 0.717) is 6.61 Å². The van der Waals surface area contributed by atoms with Gasteiger partial charge in [0.1, 0.15) is 11.6 Å². The molecule has 0 radical (unpaired) electrons. The quantitative estimate of drug-likeness (QED) is 0.830. The smallest absolute Gasteiger partial charge is 0.170 e. The Bertz CT molecular complexity index is 513. The van der Waals surface area contributed by atoms with Gasteiger partial charge in [0, 0.05) is 11.8 Å². The highest BCUT2D eigenvalue weighted by Crippen LogP contribution is 2.25. The Morgan fingerprint density at radius 1 is 1.37 bits per heavy atom. The Morgan fingerprint density at radius 2 is 2.11 bits per heavy atom. The van der Waals surface area contributed by atoms with E-state index in [9.17, 15) is 0 Å². The molecule has 1 heterocycles. The van der Waals surface area contributed by atoms with E-state index in [-0.39, 0.29) is 6.04 Å². The van der Waals surface area contributed by atoms with Crippen LogP contribution in [0.5, 0.6) is 5.75 Å². The molecule has 102 valence electrons. The van der Waals surface area contributed by atoms with Crippen molar-refractivity contribution in [2.75, 3.05) is 12.4 Å². The normalized spacial score (nSPS) is 12.4. The van der Waals surface area contributed by atoms with E-state index in [1.54, 1.807) is 11.8 Å². The van der Waals surface area contributed by atoms with Crippen LogP contribution >= 0.6 is 23.3 Å². The van der Waals surface area contributed by atoms with Crippen LogP contribution in [0, 0.1) is 6.92 Å². The van der Waals surface area contributed by atoms with E-state index in [1.807, 2.05) is 38.1 Å². The second-order valence-corrected chi connectivity index (χ2v) is 6.05. The van der Waals surface area contributed by atoms with Crippen molar-refractivity contribution in [1.82, 2.24) is 9.36 Å². The average Bonchev–Trinajstić information content (AvgIpc) is 2.83. The van der Waals surface area contributed by atoms with Gasteiger partial charge in [0.15, 0.2) is 4.34 Å². The van der Waals surface area contributed by atoms with Crippen LogP contribution in [0.15, 0.2) is 28.6 Å². The molecule has 19 heavy (non-hydrogen) atoms. The van der Waals surface area contributed by atoms with Crippen LogP contribution in [0.25, 0.3) is 0 Å². The molecule has 1 atom stereocenters. The monoisotopic (exact) mass is 295 g/mol. The number of hydrogen-bond acceptors (Lipinski definition) is 6. The third-order valence-corrected chi connectivity index (χ3v) is 4.56. The summed E-state index contributed by atoms with van der Waals surface area (Å²) in [5.41, 5.74) is 7.28. The first-order valence-corrected chi connectivity index (χ1v) is 7.86. The van der Waals surface area contributed by atoms with E-state index < -0.39 is 0 Å². The molecular formula is C13H17N3OS2. The molecule has 0 bridgehead atoms. The molecule has 2 N–H and O–H groups in total. The van der Waals surface area contributed by atoms with Gasteiger partial charge in [-0.2, -0.15) is 4.37 Å². The minimum atomic E-state index is -0.00937. The number of aryl methyl sites for hydroxylation is 1. The zero-order valence-electron chi connectivity index (χ0n) is 11.0. The molecule has 0 aliphatic carbocycles. The summed E-state index contributed by atoms with van der Waals surface area (Å²) in [6.07, 6.45) is 0. The lowest BCUT2D eigenvalue weighted by Crippen LogP contribution is -2.12. The molecule has 4 nitrogen and oxygen atoms in total. The van der Waals surface area contributed by atoms with Crippen LogP contribution in [0.1, 0.15) is 24.4 Å². The number of nitrogens with two attached hydrogens (primary N) is 1. The van der Waals surface area contributed by atoms with E-state index in [1.165, 1.54) is 11.5 Å². The summed E-state index contributed by atoms with van der Waals surface area (Å²) in [5.74, 6) is 2.50. The second kappa shape index (κ2) is 6.88. The maximum Gasteiger partial charge on any atom is 0.170 e. The Balaban J connectivity index is 1.90. The van der Waals surface area contributed by atoms with Crippen molar-refractivity contribution in [3.8, 4) is 5.75 Å². The average molecular weight is 295 g/mol. The number of aromatic nitrogens is 2. The standard InChI is InChI=1S/C13H17N3OS2/c1-3-17-11-6-4-10(5-7-11)12(14)8-18-13-15-9(2)16-19-13/h4-7,12H,3,8,14H2,1-2H3. The van der Waals surface area contributed by atoms with Crippen molar-refractivity contribution in [2.45, 2.75) is 24.2 Å². The van der Waals surface area contributed by atoms with Crippen LogP contribution in [0.2, 0.25) is 0 Å². The molecule has 1 aromatic carbocycles. The fourth-order valence-corrected chi connectivity index (χ4v) is 3.23. The lowest BCUT2D eigenvalue weighted by Gasteiger charge is -2.11. The molecule has 0 saturated carbocycles. The van der Waals surface area contributed by atoms with E-state index in [2.05, 4.69) is 9.36 Å². The van der Waals surface area contributed by atoms with Crippen LogP contribution in [-0.2, 0) is 0 Å². The molecule has 0 aliphatic heterocycles. The van der Waals surface area contributed by atoms with E-state index >= 15 is 0 Å². The summed E-state index contributed by atoms with van der Waals surface area (Å²) in [6, 6.07) is 7.94. The predicted molar refractivity (Wildman–Crippen MR) is 79.9 cm³/mol. The van der Waals surface area contributed by atoms with Gasteiger partial charge in [-0.3, -0.25) is 0 Å². The van der Waals surface area contributed by atoms with Crippen molar-refractivity contribution in [1.29, 1.82) is 0 Å². The second-order valence-electron chi connectivity index (χ2n) is 4.03. The van der Waals surface area contributed by atoms with Gasteiger partial charge in [0.25, 0.3) is 0 Å². The lowest BCUT2D eigenvalue weighted by atomic mass is 10.1. The zero-order chi connectivity index (χ0) is 13.7. The van der Waals surface area contributed by atoms with E-state index in [0.717, 1.165) is 27.2 Å². The number of nitrogens with zero attached hydrogens (tertiary/aromatic N) is 2. The molecule has 2 rings (SSSR count). The van der Waals surface area contributed by atoms with Gasteiger partial charge in [-0.25, -0.2) is 4.98 Å². The fraction of sp³-hybridized carbons (Fsp3) is 0.385. The van der Waals surface area contributed by atoms with Crippen LogP contribution < -0.4 is 10.5 Å². The van der Waals surface area contributed by atoms with Crippen molar-refractivity contribution in [3.63, 3.8) is 0 Å². The molecule has 1 aromatic heterocycles. The first-order valence-electron chi connectivity index (χ1n) is 6.10. The zero-order valence-corrected chi connectivity index (χ0v) is 12.6. The maximum atomic E-state index is 6.17. The van der Waals surface area contributed by atoms with Crippen molar-refractivity contribution < 1.29 is 4.74 Å². The van der Waals surface area contributed by atoms with Crippen molar-refractivity contribution >= 4 is 23.3 Å². The van der Waals surface area contributed by atoms with Crippen LogP contribution in [0.4, 0.5) is 0 Å². The third-order valence-electron chi connectivity index (χ3n) is 2.51. The van der Waals surface area contributed by atoms with Gasteiger partial charge in [-0.1, -0.05) is 23.9 Å². The maximum absolute atomic E-state index is 6.17. The van der Waals surface area contributed by atoms with E-state index in [4.69, 9.17) is 10.5 Å². The summed E-state index contributed by atoms with van der Waals surface area (Å²) >= 11 is 3.07. The minimum absolute atomic E-state index is 0.00937. The van der Waals surface area contributed by atoms with Gasteiger partial charge >= 0.3 is 0 Å². The fourth-order valence-electron chi connectivity index (χ4n) is 1.57. The largest absolute Gasteiger partial charge is 0.494 e. The van der Waals surface area contributed by atoms with Gasteiger partial charge < -0.3 is 10.5 Å². The third kappa shape index (κ3) is 4.19. The highest BCUT2D eigenvalue weighted by Gasteiger charge is 2.09. The summed E-state index contributed by atoms with van der Waals surface area (Å²) < 4.78 is 10.5. The molecule has 0 fully saturated rings. The number of hydrogen-bond donors (Lipinski definition) is 1. The van der Waals surface area contributed by atoms with Crippen LogP contribution in [-0.4, -0.2) is 21.7 Å². The van der Waals surface area contributed by atoms with Gasteiger partial charge in [-0.05, 0) is 43.1 Å². The topological polar surface area (TPSA) is 61.0 Å². The molecule has 0 saturated heterocycles. The lowest BCUT2D eigenvalue weighted by molar-refractivity contribution is 0.340. The molecule has 0 aliphatic rings. The van der Waals surface area contributed by atoms with Crippen molar-refractivity contribution in [2.24, 2.45) is 5.73 Å². The number of thioether (sulfide) groups is 1. The Hall–Kier alpha value is -1.11.